The summed E-state index contributed by atoms with van der Waals surface area (Å²) in [5.74, 6) is -2.37. The zero-order valence-electron chi connectivity index (χ0n) is 25.4. The van der Waals surface area contributed by atoms with Gasteiger partial charge in [0.25, 0.3) is 20.0 Å². The van der Waals surface area contributed by atoms with E-state index in [1.807, 2.05) is 6.92 Å². The van der Waals surface area contributed by atoms with Crippen LogP contribution in [0.3, 0.4) is 0 Å². The zero-order valence-corrected chi connectivity index (χ0v) is 27.0. The van der Waals surface area contributed by atoms with Gasteiger partial charge in [0.15, 0.2) is 5.84 Å². The molecule has 0 unspecified atom stereocenters. The quantitative estimate of drug-likeness (QED) is 0.433. The third-order valence-corrected chi connectivity index (χ3v) is 9.89. The predicted octanol–water partition coefficient (Wildman–Crippen LogP) is 3.84. The fraction of sp³-hybridized carbons (Fsp3) is 0.290. The van der Waals surface area contributed by atoms with Crippen LogP contribution in [0.5, 0.6) is 0 Å². The van der Waals surface area contributed by atoms with Crippen molar-refractivity contribution in [2.24, 2.45) is 9.39 Å². The third-order valence-electron chi connectivity index (χ3n) is 6.74. The van der Waals surface area contributed by atoms with Crippen LogP contribution in [0.2, 0.25) is 0 Å². The van der Waals surface area contributed by atoms with E-state index in [0.717, 1.165) is 29.7 Å². The predicted molar refractivity (Wildman–Crippen MR) is 165 cm³/mol. The van der Waals surface area contributed by atoms with Gasteiger partial charge in [-0.2, -0.15) is 12.8 Å². The average Bonchev–Trinajstić information content (AvgIpc) is 3.22. The molecule has 0 atom stereocenters. The van der Waals surface area contributed by atoms with Crippen LogP contribution >= 0.6 is 0 Å². The molecule has 2 aromatic carbocycles. The van der Waals surface area contributed by atoms with Crippen molar-refractivity contribution in [3.8, 4) is 0 Å². The van der Waals surface area contributed by atoms with Crippen LogP contribution in [0.15, 0.2) is 103 Å². The van der Waals surface area contributed by atoms with Gasteiger partial charge in [0.05, 0.1) is 40.8 Å². The van der Waals surface area contributed by atoms with Crippen LogP contribution in [0.4, 0.5) is 0 Å². The molecule has 0 radical (unpaired) electrons. The average molecular weight is 640 g/mol. The van der Waals surface area contributed by atoms with Crippen molar-refractivity contribution in [2.45, 2.75) is 55.5 Å². The maximum atomic E-state index is 14.5. The Bertz CT molecular complexity index is 1860. The van der Waals surface area contributed by atoms with Crippen LogP contribution in [0.1, 0.15) is 31.9 Å². The number of allylic oxidation sites excluding steroid dienone is 2. The monoisotopic (exact) mass is 639 g/mol. The normalized spacial score (nSPS) is 19.6. The number of hydrogen-bond donors (Lipinski definition) is 0. The minimum Gasteiger partial charge on any atom is -0.466 e. The minimum atomic E-state index is -4.55. The highest BCUT2D eigenvalue weighted by atomic mass is 32.2. The third kappa shape index (κ3) is 6.02. The van der Waals surface area contributed by atoms with E-state index in [1.54, 1.807) is 52.0 Å². The summed E-state index contributed by atoms with van der Waals surface area (Å²) in [4.78, 5) is 31.2. The number of methoxy groups -OCH3 is 2. The first kappa shape index (κ1) is 32.6. The van der Waals surface area contributed by atoms with Crippen LogP contribution in [-0.4, -0.2) is 69.9 Å². The topological polar surface area (TPSA) is 149 Å². The largest absolute Gasteiger partial charge is 0.466 e. The molecule has 1 heterocycles. The molecule has 1 spiro atoms. The Hall–Kier alpha value is -4.36. The molecule has 4 rings (SSSR count). The van der Waals surface area contributed by atoms with E-state index in [0.29, 0.717) is 0 Å². The maximum absolute atomic E-state index is 14.5. The number of aryl methyl sites for hydroxylation is 2. The van der Waals surface area contributed by atoms with E-state index in [4.69, 9.17) is 9.47 Å². The molecular weight excluding hydrogens is 606 g/mol. The number of rotatable bonds is 6. The first-order valence-corrected chi connectivity index (χ1v) is 16.3. The second kappa shape index (κ2) is 11.6. The number of esters is 2. The molecule has 0 amide bonds. The van der Waals surface area contributed by atoms with Gasteiger partial charge in [-0.25, -0.2) is 22.3 Å². The van der Waals surface area contributed by atoms with Crippen molar-refractivity contribution in [2.75, 3.05) is 14.2 Å². The van der Waals surface area contributed by atoms with Crippen molar-refractivity contribution in [3.05, 3.63) is 95.1 Å². The number of aliphatic imine (C=N–C) groups is 1. The number of benzene rings is 2. The van der Waals surface area contributed by atoms with E-state index in [-0.39, 0.29) is 26.9 Å². The van der Waals surface area contributed by atoms with Gasteiger partial charge in [0.1, 0.15) is 11.1 Å². The summed E-state index contributed by atoms with van der Waals surface area (Å²) < 4.78 is 69.9. The van der Waals surface area contributed by atoms with Gasteiger partial charge < -0.3 is 9.47 Å². The number of amidine groups is 1. The number of carbonyl (C=O) groups is 2. The van der Waals surface area contributed by atoms with Crippen molar-refractivity contribution in [1.82, 2.24) is 4.31 Å². The summed E-state index contributed by atoms with van der Waals surface area (Å²) in [6.07, 6.45) is 5.09. The molecule has 2 aromatic rings. The van der Waals surface area contributed by atoms with Gasteiger partial charge in [-0.15, -0.1) is 0 Å². The first-order valence-electron chi connectivity index (χ1n) is 13.4. The molecule has 232 valence electrons. The summed E-state index contributed by atoms with van der Waals surface area (Å²) in [6.45, 7) is 8.70. The summed E-state index contributed by atoms with van der Waals surface area (Å²) in [5.41, 5.74) is -2.10. The summed E-state index contributed by atoms with van der Waals surface area (Å²) in [7, 11) is -6.51. The van der Waals surface area contributed by atoms with Crippen molar-refractivity contribution >= 4 is 43.5 Å². The van der Waals surface area contributed by atoms with E-state index < -0.39 is 48.6 Å². The summed E-state index contributed by atoms with van der Waals surface area (Å²) in [6, 6.07) is 12.2. The SMILES string of the molecule is COC(=O)C1=C(C(=O)OC)C2(C=CC(=NS(=O)(=O)c3ccc(C)cc3)C=C2)N(S(=O)(=O)c2ccc(C)cc2)C1=NC(C)(C)C. The molecule has 0 bridgehead atoms. The van der Waals surface area contributed by atoms with Crippen molar-refractivity contribution in [1.29, 1.82) is 0 Å². The second-order valence-electron chi connectivity index (χ2n) is 11.2. The summed E-state index contributed by atoms with van der Waals surface area (Å²) >= 11 is 0. The zero-order chi connectivity index (χ0) is 32.7. The molecule has 44 heavy (non-hydrogen) atoms. The van der Waals surface area contributed by atoms with Crippen LogP contribution in [0, 0.1) is 13.8 Å². The van der Waals surface area contributed by atoms with Gasteiger partial charge in [-0.1, -0.05) is 35.4 Å². The molecule has 0 saturated carbocycles. The molecule has 0 N–H and O–H groups in total. The molecule has 2 aliphatic rings. The number of sulfonamides is 2. The lowest BCUT2D eigenvalue weighted by Crippen LogP contribution is -2.51. The van der Waals surface area contributed by atoms with Gasteiger partial charge in [0.2, 0.25) is 0 Å². The van der Waals surface area contributed by atoms with Crippen LogP contribution < -0.4 is 0 Å². The minimum absolute atomic E-state index is 0.0372. The lowest BCUT2D eigenvalue weighted by atomic mass is 9.85. The number of ether oxygens (including phenoxy) is 2. The molecule has 0 aromatic heterocycles. The Morgan fingerprint density at radius 1 is 0.773 bits per heavy atom. The number of nitrogens with zero attached hydrogens (tertiary/aromatic N) is 3. The molecule has 0 fully saturated rings. The Kier molecular flexibility index (Phi) is 8.60. The Morgan fingerprint density at radius 3 is 1.70 bits per heavy atom. The second-order valence-corrected chi connectivity index (χ2v) is 14.6. The highest BCUT2D eigenvalue weighted by molar-refractivity contribution is 7.90. The Labute approximate surface area is 257 Å². The smallest absolute Gasteiger partial charge is 0.342 e. The van der Waals surface area contributed by atoms with E-state index >= 15 is 0 Å². The lowest BCUT2D eigenvalue weighted by molar-refractivity contribution is -0.139. The van der Waals surface area contributed by atoms with Gasteiger partial charge in [-0.3, -0.25) is 4.99 Å². The van der Waals surface area contributed by atoms with Gasteiger partial charge >= 0.3 is 11.9 Å². The van der Waals surface area contributed by atoms with E-state index in [1.165, 1.54) is 48.6 Å². The first-order chi connectivity index (χ1) is 20.5. The number of hydrogen-bond acceptors (Lipinski definition) is 9. The van der Waals surface area contributed by atoms with E-state index in [9.17, 15) is 26.4 Å². The maximum Gasteiger partial charge on any atom is 0.342 e. The molecule has 13 heteroatoms. The van der Waals surface area contributed by atoms with E-state index in [2.05, 4.69) is 9.39 Å². The van der Waals surface area contributed by atoms with Crippen molar-refractivity contribution in [3.63, 3.8) is 0 Å². The molecule has 1 aliphatic carbocycles. The molecule has 0 saturated heterocycles. The van der Waals surface area contributed by atoms with Gasteiger partial charge in [-0.05, 0) is 83.2 Å². The number of carbonyl (C=O) groups excluding carboxylic acids is 2. The standard InChI is InChI=1S/C31H33N3O8S2/c1-20-8-12-23(13-9-20)43(37,38)33-22-16-18-31(19-17-22)26(29(36)42-7)25(28(35)41-6)27(32-30(3,4)5)34(31)44(39,40)24-14-10-21(2)11-15-24/h8-19H,1-7H3. The van der Waals surface area contributed by atoms with Crippen molar-refractivity contribution < 1.29 is 35.9 Å². The lowest BCUT2D eigenvalue weighted by Gasteiger charge is -2.37. The summed E-state index contributed by atoms with van der Waals surface area (Å²) in [5, 5.41) is 0. The fourth-order valence-corrected chi connectivity index (χ4v) is 7.35. The van der Waals surface area contributed by atoms with Crippen LogP contribution in [0.25, 0.3) is 0 Å². The molecule has 11 nitrogen and oxygen atoms in total. The fourth-order valence-electron chi connectivity index (χ4n) is 4.70. The Morgan fingerprint density at radius 2 is 1.25 bits per heavy atom. The van der Waals surface area contributed by atoms with Crippen LogP contribution in [-0.2, 0) is 39.1 Å². The highest BCUT2D eigenvalue weighted by Gasteiger charge is 2.58. The molecular formula is C31H33N3O8S2. The Balaban J connectivity index is 2.03. The molecule has 1 aliphatic heterocycles. The van der Waals surface area contributed by atoms with Gasteiger partial charge in [0, 0.05) is 0 Å². The highest BCUT2D eigenvalue weighted by Crippen LogP contribution is 2.45.